The first-order chi connectivity index (χ1) is 12.5. The first-order valence-corrected chi connectivity index (χ1v) is 10.3. The number of carbonyl (C=O) groups is 2. The zero-order valence-electron chi connectivity index (χ0n) is 14.3. The van der Waals surface area contributed by atoms with E-state index >= 15 is 0 Å². The minimum atomic E-state index is -4.36. The van der Waals surface area contributed by atoms with E-state index in [-0.39, 0.29) is 10.6 Å². The van der Waals surface area contributed by atoms with Gasteiger partial charge in [0.05, 0.1) is 4.90 Å². The number of carbonyl (C=O) groups excluding carboxylic acids is 2. The number of sulfone groups is 1. The molecule has 0 unspecified atom stereocenters. The predicted molar refractivity (Wildman–Crippen MR) is 92.5 cm³/mol. The second-order valence-corrected chi connectivity index (χ2v) is 8.85. The van der Waals surface area contributed by atoms with Gasteiger partial charge in [-0.2, -0.15) is 5.11 Å². The van der Waals surface area contributed by atoms with E-state index in [1.807, 2.05) is 0 Å². The second kappa shape index (κ2) is 6.15. The van der Waals surface area contributed by atoms with E-state index in [1.165, 1.54) is 21.9 Å². The van der Waals surface area contributed by atoms with E-state index in [4.69, 9.17) is 0 Å². The maximum Gasteiger partial charge on any atom is 0.340 e. The van der Waals surface area contributed by atoms with Gasteiger partial charge in [0, 0.05) is 26.2 Å². The van der Waals surface area contributed by atoms with Gasteiger partial charge < -0.3 is 9.80 Å². The van der Waals surface area contributed by atoms with Gasteiger partial charge in [0.25, 0.3) is 11.8 Å². The molecule has 0 spiro atoms. The van der Waals surface area contributed by atoms with Gasteiger partial charge in [-0.1, -0.05) is 12.1 Å². The molecule has 3 aliphatic rings. The van der Waals surface area contributed by atoms with Crippen molar-refractivity contribution in [3.63, 3.8) is 0 Å². The van der Waals surface area contributed by atoms with Gasteiger partial charge in [0.2, 0.25) is 9.84 Å². The Bertz CT molecular complexity index is 856. The van der Waals surface area contributed by atoms with Crippen LogP contribution >= 0.6 is 0 Å². The van der Waals surface area contributed by atoms with Crippen LogP contribution in [0, 0.1) is 0 Å². The van der Waals surface area contributed by atoms with E-state index in [0.29, 0.717) is 26.2 Å². The molecule has 0 N–H and O–H groups in total. The van der Waals surface area contributed by atoms with Gasteiger partial charge in [-0.05, 0) is 37.8 Å². The lowest BCUT2D eigenvalue weighted by Gasteiger charge is -2.34. The Morgan fingerprint density at radius 3 is 1.92 bits per heavy atom. The van der Waals surface area contributed by atoms with Gasteiger partial charge in [-0.25, -0.2) is 8.42 Å². The van der Waals surface area contributed by atoms with Crippen LogP contribution in [0.3, 0.4) is 0 Å². The lowest BCUT2D eigenvalue weighted by Crippen LogP contribution is -2.61. The average molecular weight is 376 g/mol. The number of likely N-dealkylation sites (tertiary alicyclic amines) is 2. The molecule has 3 heterocycles. The molecule has 26 heavy (non-hydrogen) atoms. The molecule has 1 aromatic carbocycles. The van der Waals surface area contributed by atoms with Gasteiger partial charge >= 0.3 is 4.87 Å². The van der Waals surface area contributed by atoms with Crippen LogP contribution in [-0.2, 0) is 19.4 Å². The maximum absolute atomic E-state index is 13.5. The molecule has 0 atom stereocenters. The van der Waals surface area contributed by atoms with Crippen LogP contribution in [-0.4, -0.2) is 61.1 Å². The zero-order valence-corrected chi connectivity index (χ0v) is 15.1. The lowest BCUT2D eigenvalue weighted by atomic mass is 10.2. The summed E-state index contributed by atoms with van der Waals surface area (Å²) in [5, 5.41) is 7.88. The minimum absolute atomic E-state index is 0.116. The van der Waals surface area contributed by atoms with Crippen molar-refractivity contribution in [3.8, 4) is 0 Å². The fourth-order valence-electron chi connectivity index (χ4n) is 3.78. The molecule has 138 valence electrons. The van der Waals surface area contributed by atoms with Crippen molar-refractivity contribution in [2.75, 3.05) is 26.2 Å². The summed E-state index contributed by atoms with van der Waals surface area (Å²) >= 11 is 0. The van der Waals surface area contributed by atoms with Crippen LogP contribution in [0.25, 0.3) is 0 Å². The number of hydrogen-bond acceptors (Lipinski definition) is 6. The van der Waals surface area contributed by atoms with Gasteiger partial charge in [-0.15, -0.1) is 5.11 Å². The number of nitrogens with zero attached hydrogens (tertiary/aromatic N) is 4. The molecule has 0 aromatic heterocycles. The Morgan fingerprint density at radius 2 is 1.38 bits per heavy atom. The summed E-state index contributed by atoms with van der Waals surface area (Å²) in [6.45, 7) is 1.72. The molecular weight excluding hydrogens is 356 g/mol. The van der Waals surface area contributed by atoms with E-state index in [0.717, 1.165) is 25.7 Å². The highest BCUT2D eigenvalue weighted by Gasteiger charge is 2.64. The van der Waals surface area contributed by atoms with Crippen LogP contribution in [0.1, 0.15) is 25.7 Å². The summed E-state index contributed by atoms with van der Waals surface area (Å²) in [6, 6.07) is 6.10. The zero-order chi connectivity index (χ0) is 18.4. The van der Waals surface area contributed by atoms with Gasteiger partial charge in [0.1, 0.15) is 5.69 Å². The van der Waals surface area contributed by atoms with Crippen LogP contribution < -0.4 is 0 Å². The second-order valence-electron chi connectivity index (χ2n) is 6.81. The normalized spacial score (nSPS) is 23.1. The topological polar surface area (TPSA) is 99.5 Å². The van der Waals surface area contributed by atoms with E-state index in [1.54, 1.807) is 12.1 Å². The molecule has 0 saturated carbocycles. The number of fused-ring (bicyclic) bond motifs is 1. The molecule has 1 aromatic rings. The molecule has 0 radical (unpaired) electrons. The summed E-state index contributed by atoms with van der Waals surface area (Å²) in [5.74, 6) is -1.55. The Morgan fingerprint density at radius 1 is 0.885 bits per heavy atom. The number of hydrogen-bond donors (Lipinski definition) is 0. The van der Waals surface area contributed by atoms with Crippen molar-refractivity contribution in [1.29, 1.82) is 0 Å². The minimum Gasteiger partial charge on any atom is -0.339 e. The molecular formula is C17H20N4O4S. The molecule has 8 nitrogen and oxygen atoms in total. The molecule has 2 saturated heterocycles. The lowest BCUT2D eigenvalue weighted by molar-refractivity contribution is -0.143. The SMILES string of the molecule is O=C(N1CCCC1)C1(C(=O)N2CCCC2)N=Nc2ccccc2S1(=O)=O. The quantitative estimate of drug-likeness (QED) is 0.730. The van der Waals surface area contributed by atoms with Crippen molar-refractivity contribution in [2.45, 2.75) is 35.4 Å². The first kappa shape index (κ1) is 17.1. The van der Waals surface area contributed by atoms with Gasteiger partial charge in [0.15, 0.2) is 0 Å². The monoisotopic (exact) mass is 376 g/mol. The van der Waals surface area contributed by atoms with Crippen molar-refractivity contribution in [3.05, 3.63) is 24.3 Å². The maximum atomic E-state index is 13.5. The van der Waals surface area contributed by atoms with Crippen LogP contribution in [0.15, 0.2) is 39.4 Å². The first-order valence-electron chi connectivity index (χ1n) is 8.84. The van der Waals surface area contributed by atoms with Crippen LogP contribution in [0.5, 0.6) is 0 Å². The third-order valence-corrected chi connectivity index (χ3v) is 7.34. The summed E-state index contributed by atoms with van der Waals surface area (Å²) in [6.07, 6.45) is 3.14. The molecule has 2 fully saturated rings. The predicted octanol–water partition coefficient (Wildman–Crippen LogP) is 1.50. The fourth-order valence-corrected chi connectivity index (χ4v) is 5.61. The Balaban J connectivity index is 1.89. The smallest absolute Gasteiger partial charge is 0.339 e. The highest BCUT2D eigenvalue weighted by molar-refractivity contribution is 7.94. The van der Waals surface area contributed by atoms with Crippen LogP contribution in [0.4, 0.5) is 5.69 Å². The number of benzene rings is 1. The summed E-state index contributed by atoms with van der Waals surface area (Å²) < 4.78 is 26.9. The number of rotatable bonds is 2. The van der Waals surface area contributed by atoms with E-state index in [9.17, 15) is 18.0 Å². The molecule has 9 heteroatoms. The Kier molecular flexibility index (Phi) is 4.06. The van der Waals surface area contributed by atoms with Crippen molar-refractivity contribution in [1.82, 2.24) is 9.80 Å². The van der Waals surface area contributed by atoms with Crippen molar-refractivity contribution >= 4 is 27.3 Å². The molecule has 2 amide bonds. The van der Waals surface area contributed by atoms with Crippen LogP contribution in [0.2, 0.25) is 0 Å². The van der Waals surface area contributed by atoms with Crippen molar-refractivity contribution < 1.29 is 18.0 Å². The largest absolute Gasteiger partial charge is 0.340 e. The third kappa shape index (κ3) is 2.29. The Hall–Kier alpha value is -2.29. The van der Waals surface area contributed by atoms with E-state index in [2.05, 4.69) is 10.2 Å². The number of azo groups is 1. The summed E-state index contributed by atoms with van der Waals surface area (Å²) in [4.78, 5) is 26.8. The molecule has 0 aliphatic carbocycles. The summed E-state index contributed by atoms with van der Waals surface area (Å²) in [7, 11) is -4.36. The fraction of sp³-hybridized carbons (Fsp3) is 0.529. The number of amides is 2. The van der Waals surface area contributed by atoms with E-state index < -0.39 is 26.5 Å². The van der Waals surface area contributed by atoms with Gasteiger partial charge in [-0.3, -0.25) is 9.59 Å². The molecule has 3 aliphatic heterocycles. The Labute approximate surface area is 151 Å². The highest BCUT2D eigenvalue weighted by atomic mass is 32.2. The van der Waals surface area contributed by atoms with Crippen molar-refractivity contribution in [2.24, 2.45) is 10.2 Å². The molecule has 4 rings (SSSR count). The molecule has 0 bridgehead atoms. The highest BCUT2D eigenvalue weighted by Crippen LogP contribution is 2.42. The standard InChI is InChI=1S/C17H20N4O4S/c22-15(20-9-3-4-10-20)17(16(23)21-11-5-6-12-21)19-18-13-7-1-2-8-14(13)26(17,24)25/h1-2,7-8H,3-6,9-12H2. The average Bonchev–Trinajstić information content (AvgIpc) is 3.35. The summed E-state index contributed by atoms with van der Waals surface area (Å²) in [5.41, 5.74) is 0.159. The third-order valence-electron chi connectivity index (χ3n) is 5.21.